The first-order chi connectivity index (χ1) is 9.07. The van der Waals surface area contributed by atoms with Gasteiger partial charge in [-0.1, -0.05) is 18.2 Å². The third-order valence-corrected chi connectivity index (χ3v) is 5.04. The van der Waals surface area contributed by atoms with E-state index in [4.69, 9.17) is 4.74 Å². The normalized spacial score (nSPS) is 19.5. The maximum absolute atomic E-state index is 11.9. The molecular weight excluding hydrogens is 262 g/mol. The molecule has 0 aliphatic carbocycles. The van der Waals surface area contributed by atoms with Crippen molar-refractivity contribution < 1.29 is 13.2 Å². The van der Waals surface area contributed by atoms with E-state index in [-0.39, 0.29) is 17.6 Å². The van der Waals surface area contributed by atoms with E-state index in [0.29, 0.717) is 13.2 Å². The monoisotopic (exact) mass is 283 g/mol. The molecule has 4 nitrogen and oxygen atoms in total. The van der Waals surface area contributed by atoms with Crippen LogP contribution in [0, 0.1) is 6.92 Å². The summed E-state index contributed by atoms with van der Waals surface area (Å²) < 4.78 is 29.3. The van der Waals surface area contributed by atoms with Crippen molar-refractivity contribution in [2.45, 2.75) is 25.9 Å². The van der Waals surface area contributed by atoms with Gasteiger partial charge in [-0.25, -0.2) is 8.42 Å². The molecule has 1 aliphatic heterocycles. The summed E-state index contributed by atoms with van der Waals surface area (Å²) >= 11 is 0. The van der Waals surface area contributed by atoms with Crippen LogP contribution < -0.4 is 5.32 Å². The summed E-state index contributed by atoms with van der Waals surface area (Å²) in [7, 11) is -3.04. The number of ether oxygens (including phenoxy) is 1. The molecule has 5 heteroatoms. The van der Waals surface area contributed by atoms with Crippen molar-refractivity contribution in [1.82, 2.24) is 0 Å². The van der Waals surface area contributed by atoms with Gasteiger partial charge < -0.3 is 10.1 Å². The number of rotatable bonds is 6. The molecule has 1 aliphatic rings. The highest BCUT2D eigenvalue weighted by molar-refractivity contribution is 7.91. The number of para-hydroxylation sites is 1. The number of nitrogens with one attached hydrogen (secondary N) is 1. The largest absolute Gasteiger partial charge is 0.384 e. The topological polar surface area (TPSA) is 55.4 Å². The molecule has 1 heterocycles. The van der Waals surface area contributed by atoms with Crippen molar-refractivity contribution in [2.24, 2.45) is 0 Å². The van der Waals surface area contributed by atoms with E-state index in [9.17, 15) is 8.42 Å². The number of aryl methyl sites for hydroxylation is 1. The van der Waals surface area contributed by atoms with Gasteiger partial charge >= 0.3 is 0 Å². The predicted molar refractivity (Wildman–Crippen MR) is 77.3 cm³/mol. The molecule has 1 atom stereocenters. The van der Waals surface area contributed by atoms with E-state index in [0.717, 1.165) is 24.1 Å². The van der Waals surface area contributed by atoms with Crippen molar-refractivity contribution in [2.75, 3.05) is 30.0 Å². The second-order valence-electron chi connectivity index (χ2n) is 4.99. The fraction of sp³-hybridized carbons (Fsp3) is 0.571. The number of hydrogen-bond donors (Lipinski definition) is 1. The molecule has 0 spiro atoms. The highest BCUT2D eigenvalue weighted by Crippen LogP contribution is 2.15. The quantitative estimate of drug-likeness (QED) is 0.867. The predicted octanol–water partition coefficient (Wildman–Crippen LogP) is 2.00. The first-order valence-corrected chi connectivity index (χ1v) is 8.50. The average Bonchev–Trinajstić information content (AvgIpc) is 2.83. The molecule has 1 saturated heterocycles. The second-order valence-corrected chi connectivity index (χ2v) is 7.22. The Balaban J connectivity index is 1.79. The summed E-state index contributed by atoms with van der Waals surface area (Å²) in [6, 6.07) is 7.87. The smallest absolute Gasteiger partial charge is 0.154 e. The Morgan fingerprint density at radius 1 is 1.37 bits per heavy atom. The number of benzene rings is 1. The maximum Gasteiger partial charge on any atom is 0.154 e. The number of anilines is 1. The van der Waals surface area contributed by atoms with E-state index < -0.39 is 9.84 Å². The molecule has 1 unspecified atom stereocenters. The zero-order valence-electron chi connectivity index (χ0n) is 11.3. The minimum absolute atomic E-state index is 0.0940. The summed E-state index contributed by atoms with van der Waals surface area (Å²) in [4.78, 5) is 0. The van der Waals surface area contributed by atoms with Gasteiger partial charge in [0.1, 0.15) is 0 Å². The van der Waals surface area contributed by atoms with Crippen molar-refractivity contribution in [1.29, 1.82) is 0 Å². The van der Waals surface area contributed by atoms with Crippen LogP contribution in [0.1, 0.15) is 18.4 Å². The molecule has 1 aromatic carbocycles. The molecule has 1 N–H and O–H groups in total. The molecule has 0 bridgehead atoms. The minimum Gasteiger partial charge on any atom is -0.384 e. The van der Waals surface area contributed by atoms with Crippen molar-refractivity contribution >= 4 is 15.5 Å². The molecule has 106 valence electrons. The van der Waals surface area contributed by atoms with Gasteiger partial charge in [0.25, 0.3) is 0 Å². The van der Waals surface area contributed by atoms with Crippen LogP contribution in [0.5, 0.6) is 0 Å². The SMILES string of the molecule is Cc1ccccc1NCCS(=O)(=O)CC1CCCO1. The first-order valence-electron chi connectivity index (χ1n) is 6.68. The van der Waals surface area contributed by atoms with Crippen LogP contribution >= 0.6 is 0 Å². The highest BCUT2D eigenvalue weighted by atomic mass is 32.2. The van der Waals surface area contributed by atoms with Crippen molar-refractivity contribution in [3.05, 3.63) is 29.8 Å². The van der Waals surface area contributed by atoms with E-state index in [2.05, 4.69) is 5.32 Å². The standard InChI is InChI=1S/C14H21NO3S/c1-12-5-2-3-7-14(12)15-8-10-19(16,17)11-13-6-4-9-18-13/h2-3,5,7,13,15H,4,6,8-11H2,1H3. The zero-order valence-corrected chi connectivity index (χ0v) is 12.1. The fourth-order valence-corrected chi connectivity index (χ4v) is 3.66. The van der Waals surface area contributed by atoms with E-state index in [1.165, 1.54) is 0 Å². The summed E-state index contributed by atoms with van der Waals surface area (Å²) in [5.74, 6) is 0.309. The zero-order chi connectivity index (χ0) is 13.7. The molecular formula is C14H21NO3S. The molecule has 1 fully saturated rings. The minimum atomic E-state index is -3.04. The van der Waals surface area contributed by atoms with Crippen LogP contribution in [0.25, 0.3) is 0 Å². The van der Waals surface area contributed by atoms with E-state index in [1.807, 2.05) is 31.2 Å². The Morgan fingerprint density at radius 3 is 2.84 bits per heavy atom. The summed E-state index contributed by atoms with van der Waals surface area (Å²) in [5, 5.41) is 3.17. The number of hydrogen-bond acceptors (Lipinski definition) is 4. The molecule has 2 rings (SSSR count). The van der Waals surface area contributed by atoms with Crippen LogP contribution in [-0.4, -0.2) is 39.2 Å². The summed E-state index contributed by atoms with van der Waals surface area (Å²) in [6.07, 6.45) is 1.75. The Hall–Kier alpha value is -1.07. The Morgan fingerprint density at radius 2 is 2.16 bits per heavy atom. The van der Waals surface area contributed by atoms with E-state index in [1.54, 1.807) is 0 Å². The van der Waals surface area contributed by atoms with Crippen LogP contribution in [0.15, 0.2) is 24.3 Å². The molecule has 19 heavy (non-hydrogen) atoms. The van der Waals surface area contributed by atoms with Gasteiger partial charge in [0.15, 0.2) is 9.84 Å². The molecule has 0 aromatic heterocycles. The maximum atomic E-state index is 11.9. The van der Waals surface area contributed by atoms with Crippen LogP contribution in [0.3, 0.4) is 0 Å². The third kappa shape index (κ3) is 4.51. The van der Waals surface area contributed by atoms with Crippen LogP contribution in [0.4, 0.5) is 5.69 Å². The van der Waals surface area contributed by atoms with Crippen molar-refractivity contribution in [3.63, 3.8) is 0 Å². The lowest BCUT2D eigenvalue weighted by atomic mass is 10.2. The summed E-state index contributed by atoms with van der Waals surface area (Å²) in [6.45, 7) is 3.14. The third-order valence-electron chi connectivity index (χ3n) is 3.34. The van der Waals surface area contributed by atoms with Gasteiger partial charge in [0.05, 0.1) is 17.6 Å². The van der Waals surface area contributed by atoms with Crippen LogP contribution in [0.2, 0.25) is 0 Å². The van der Waals surface area contributed by atoms with Gasteiger partial charge in [-0.2, -0.15) is 0 Å². The van der Waals surface area contributed by atoms with Gasteiger partial charge in [-0.3, -0.25) is 0 Å². The molecule has 0 saturated carbocycles. The Bertz CT molecular complexity index is 507. The fourth-order valence-electron chi connectivity index (χ4n) is 2.25. The second kappa shape index (κ2) is 6.39. The average molecular weight is 283 g/mol. The van der Waals surface area contributed by atoms with Gasteiger partial charge in [-0.15, -0.1) is 0 Å². The van der Waals surface area contributed by atoms with E-state index >= 15 is 0 Å². The first kappa shape index (κ1) is 14.3. The highest BCUT2D eigenvalue weighted by Gasteiger charge is 2.22. The van der Waals surface area contributed by atoms with Gasteiger partial charge in [0.2, 0.25) is 0 Å². The van der Waals surface area contributed by atoms with Crippen molar-refractivity contribution in [3.8, 4) is 0 Å². The van der Waals surface area contributed by atoms with Gasteiger partial charge in [-0.05, 0) is 31.4 Å². The van der Waals surface area contributed by atoms with Crippen LogP contribution in [-0.2, 0) is 14.6 Å². The molecule has 0 amide bonds. The Labute approximate surface area is 115 Å². The lowest BCUT2D eigenvalue weighted by Crippen LogP contribution is -2.25. The summed E-state index contributed by atoms with van der Waals surface area (Å²) in [5.41, 5.74) is 2.12. The lowest BCUT2D eigenvalue weighted by Gasteiger charge is -2.12. The lowest BCUT2D eigenvalue weighted by molar-refractivity contribution is 0.127. The van der Waals surface area contributed by atoms with Gasteiger partial charge in [0, 0.05) is 18.8 Å². The molecule has 0 radical (unpaired) electrons. The molecule has 1 aromatic rings. The number of sulfone groups is 1. The Kier molecular flexibility index (Phi) is 4.82.